The number of rotatable bonds is 10. The molecule has 2 unspecified atom stereocenters. The monoisotopic (exact) mass is 705 g/mol. The molecule has 0 aliphatic carbocycles. The van der Waals surface area contributed by atoms with Crippen LogP contribution in [0.15, 0.2) is 23.8 Å². The van der Waals surface area contributed by atoms with Crippen LogP contribution in [-0.4, -0.2) is 110 Å². The molecule has 2 bridgehead atoms. The lowest BCUT2D eigenvalue weighted by molar-refractivity contribution is -0.183. The van der Waals surface area contributed by atoms with Gasteiger partial charge in [0.05, 0.1) is 32.5 Å². The molecule has 46 heavy (non-hydrogen) atoms. The van der Waals surface area contributed by atoms with Crippen LogP contribution < -0.4 is 17.0 Å². The van der Waals surface area contributed by atoms with Gasteiger partial charge in [-0.15, -0.1) is 9.42 Å². The van der Waals surface area contributed by atoms with E-state index in [1.165, 1.54) is 17.2 Å². The van der Waals surface area contributed by atoms with Crippen LogP contribution in [0.5, 0.6) is 0 Å². The zero-order valence-electron chi connectivity index (χ0n) is 23.0. The fourth-order valence-corrected chi connectivity index (χ4v) is 7.64. The Morgan fingerprint density at radius 3 is 2.67 bits per heavy atom. The number of aromatic amines is 1. The number of fused-ring (bicyclic) bond motifs is 4. The fraction of sp³-hybridized carbons (Fsp3) is 0.524. The van der Waals surface area contributed by atoms with Crippen molar-refractivity contribution in [1.29, 1.82) is 0 Å². The van der Waals surface area contributed by atoms with Crippen LogP contribution in [-0.2, 0) is 44.2 Å². The number of nitrogens with two attached hydrogens (primary N) is 2. The average molecular weight is 705 g/mol. The smallest absolute Gasteiger partial charge is 0.394 e. The molecule has 3 fully saturated rings. The molecule has 25 heteroatoms. The molecule has 0 saturated carbocycles. The molecule has 7 rings (SSSR count). The van der Waals surface area contributed by atoms with Crippen molar-refractivity contribution in [3.05, 3.63) is 29.3 Å². The predicted molar refractivity (Wildman–Crippen MR) is 153 cm³/mol. The number of nitrogens with one attached hydrogen (secondary N) is 1. The van der Waals surface area contributed by atoms with E-state index in [4.69, 9.17) is 51.1 Å². The topological polar surface area (TPSA) is 292 Å². The quantitative estimate of drug-likeness (QED) is 0.104. The Hall–Kier alpha value is -3.18. The number of aromatic nitrogens is 8. The summed E-state index contributed by atoms with van der Waals surface area (Å²) in [6.07, 6.45) is -6.12. The Morgan fingerprint density at radius 1 is 1.20 bits per heavy atom. The highest BCUT2D eigenvalue weighted by Gasteiger charge is 2.67. The van der Waals surface area contributed by atoms with Gasteiger partial charge in [0.2, 0.25) is 5.95 Å². The Balaban J connectivity index is 1.14. The van der Waals surface area contributed by atoms with Gasteiger partial charge in [0.1, 0.15) is 30.2 Å². The highest BCUT2D eigenvalue weighted by atomic mass is 32.5. The third-order valence-electron chi connectivity index (χ3n) is 7.73. The van der Waals surface area contributed by atoms with E-state index in [0.717, 1.165) is 10.9 Å². The van der Waals surface area contributed by atoms with E-state index in [1.54, 1.807) is 0 Å². The normalized spacial score (nSPS) is 32.4. The lowest BCUT2D eigenvalue weighted by Gasteiger charge is -2.32. The molecule has 3 aliphatic rings. The minimum absolute atomic E-state index is 0.0895. The summed E-state index contributed by atoms with van der Waals surface area (Å²) in [5, 5.41) is 9.72. The van der Waals surface area contributed by atoms with Crippen LogP contribution >= 0.6 is 15.0 Å². The maximum absolute atomic E-state index is 15.5. The summed E-state index contributed by atoms with van der Waals surface area (Å²) in [7, 11) is -3.17. The van der Waals surface area contributed by atoms with Gasteiger partial charge in [-0.25, -0.2) is 24.3 Å². The third kappa shape index (κ3) is 5.18. The molecule has 0 spiro atoms. The first-order valence-corrected chi connectivity index (χ1v) is 17.0. The van der Waals surface area contributed by atoms with Gasteiger partial charge in [0.15, 0.2) is 53.0 Å². The summed E-state index contributed by atoms with van der Waals surface area (Å²) in [4.78, 5) is 55.6. The molecule has 0 amide bonds. The average Bonchev–Trinajstić information content (AvgIpc) is 3.81. The summed E-state index contributed by atoms with van der Waals surface area (Å²) >= 11 is 5.22. The second-order valence-electron chi connectivity index (χ2n) is 10.5. The number of halogens is 1. The van der Waals surface area contributed by atoms with Gasteiger partial charge in [0.25, 0.3) is 5.56 Å². The Bertz CT molecular complexity index is 1950. The van der Waals surface area contributed by atoms with E-state index < -0.39 is 82.4 Å². The van der Waals surface area contributed by atoms with E-state index in [0.29, 0.717) is 0 Å². The van der Waals surface area contributed by atoms with Crippen LogP contribution in [0.3, 0.4) is 0 Å². The van der Waals surface area contributed by atoms with Crippen molar-refractivity contribution in [3.8, 4) is 0 Å². The molecule has 21 nitrogen and oxygen atoms in total. The van der Waals surface area contributed by atoms with Gasteiger partial charge in [-0.3, -0.25) is 23.4 Å². The lowest BCUT2D eigenvalue weighted by Crippen LogP contribution is -2.45. The number of hydrogen-bond donors (Lipinski definition) is 6. The van der Waals surface area contributed by atoms with Crippen LogP contribution in [0.4, 0.5) is 16.2 Å². The Morgan fingerprint density at radius 2 is 1.93 bits per heavy atom. The molecule has 0 radical (unpaired) electrons. The molecular formula is C21H24FN10O11P2S+. The summed E-state index contributed by atoms with van der Waals surface area (Å²) in [6.45, 7) is -6.01. The van der Waals surface area contributed by atoms with E-state index in [1.807, 2.05) is 0 Å². The van der Waals surface area contributed by atoms with Crippen molar-refractivity contribution in [2.45, 2.75) is 48.6 Å². The second kappa shape index (κ2) is 11.5. The standard InChI is InChI=1S/C21H23FN10O11P2S/c22-8-7(1-33)40-18(32-6-28-10-16(32)29-20(24)30-17(10)34)11(8)43-45(37,46)39-3-21-2-38-12(13(21)42-44(35)36)19(41-21)31-5-27-9-14(23)25-4-26-15(9)31/h4-8,11-13,18-19,33H,1-3H2,(H6-,23,24,25,26,29,30,34,35,36,37,46)/p+1/t7-,8+,11-,12-,13+,18-,19-,21-,45?/m1/s1. The maximum Gasteiger partial charge on any atom is 0.695 e. The molecule has 0 aromatic carbocycles. The van der Waals surface area contributed by atoms with Crippen LogP contribution in [0.25, 0.3) is 22.3 Å². The predicted octanol–water partition coefficient (Wildman–Crippen LogP) is -1.33. The second-order valence-corrected chi connectivity index (χ2v) is 14.0. The summed E-state index contributed by atoms with van der Waals surface area (Å²) in [5.74, 6) is -0.151. The Kier molecular flexibility index (Phi) is 7.86. The van der Waals surface area contributed by atoms with E-state index in [2.05, 4.69) is 29.9 Å². The SMILES string of the molecule is Nc1nc2c(ncn2[C@@H]2O[C@H](CO)[C@H](F)[C@H]2OP(O)(=S)OC[C@@]23CO[C@@H]([C@H](n4cnc5c(N)ncnc54)O2)[C@@H]3O[P+](=O)O)c(=O)[nH]1. The first-order chi connectivity index (χ1) is 21.9. The number of alkyl halides is 1. The molecule has 3 aliphatic heterocycles. The highest BCUT2D eigenvalue weighted by molar-refractivity contribution is 8.07. The molecule has 4 aromatic rings. The molecule has 3 saturated heterocycles. The van der Waals surface area contributed by atoms with E-state index in [9.17, 15) is 24.3 Å². The number of nitrogens with zero attached hydrogens (tertiary/aromatic N) is 7. The van der Waals surface area contributed by atoms with E-state index >= 15 is 4.39 Å². The first-order valence-electron chi connectivity index (χ1n) is 13.2. The molecule has 8 N–H and O–H groups in total. The zero-order chi connectivity index (χ0) is 32.5. The van der Waals surface area contributed by atoms with Crippen molar-refractivity contribution in [2.24, 2.45) is 0 Å². The van der Waals surface area contributed by atoms with Gasteiger partial charge >= 0.3 is 15.0 Å². The minimum atomic E-state index is -4.41. The van der Waals surface area contributed by atoms with Gasteiger partial charge in [-0.1, -0.05) is 0 Å². The summed E-state index contributed by atoms with van der Waals surface area (Å²) in [6, 6.07) is 0. The number of aliphatic hydroxyl groups excluding tert-OH is 1. The third-order valence-corrected chi connectivity index (χ3v) is 9.68. The Labute approximate surface area is 260 Å². The van der Waals surface area contributed by atoms with Crippen LogP contribution in [0.1, 0.15) is 12.5 Å². The lowest BCUT2D eigenvalue weighted by atomic mass is 10.0. The number of nitrogen functional groups attached to an aromatic ring is 2. The van der Waals surface area contributed by atoms with Crippen LogP contribution in [0, 0.1) is 0 Å². The molecular weight excluding hydrogens is 681 g/mol. The van der Waals surface area contributed by atoms with Gasteiger partial charge < -0.3 is 40.2 Å². The van der Waals surface area contributed by atoms with Gasteiger partial charge in [-0.2, -0.15) is 4.98 Å². The van der Waals surface area contributed by atoms with Gasteiger partial charge in [0, 0.05) is 4.57 Å². The van der Waals surface area contributed by atoms with Crippen molar-refractivity contribution in [3.63, 3.8) is 0 Å². The zero-order valence-corrected chi connectivity index (χ0v) is 25.6. The largest absolute Gasteiger partial charge is 0.695 e. The number of imidazole rings is 2. The molecule has 246 valence electrons. The molecule has 10 atom stereocenters. The number of ether oxygens (including phenoxy) is 3. The molecule has 7 heterocycles. The van der Waals surface area contributed by atoms with Crippen molar-refractivity contribution in [1.82, 2.24) is 39.0 Å². The summed E-state index contributed by atoms with van der Waals surface area (Å²) < 4.78 is 64.2. The van der Waals surface area contributed by atoms with Crippen LogP contribution in [0.2, 0.25) is 0 Å². The number of hydrogen-bond acceptors (Lipinski definition) is 17. The van der Waals surface area contributed by atoms with E-state index in [-0.39, 0.29) is 40.7 Å². The fourth-order valence-electron chi connectivity index (χ4n) is 5.71. The maximum atomic E-state index is 15.5. The molecule has 4 aromatic heterocycles. The van der Waals surface area contributed by atoms with Gasteiger partial charge in [-0.05, 0) is 11.8 Å². The first kappa shape index (κ1) is 31.4. The summed E-state index contributed by atoms with van der Waals surface area (Å²) in [5.41, 5.74) is 9.58. The van der Waals surface area contributed by atoms with Crippen molar-refractivity contribution in [2.75, 3.05) is 31.3 Å². The van der Waals surface area contributed by atoms with Crippen molar-refractivity contribution < 1.29 is 51.6 Å². The number of aliphatic hydroxyl groups is 1. The number of anilines is 2. The number of H-pyrrole nitrogens is 1. The van der Waals surface area contributed by atoms with Crippen molar-refractivity contribution >= 4 is 60.9 Å². The minimum Gasteiger partial charge on any atom is -0.394 e. The highest BCUT2D eigenvalue weighted by Crippen LogP contribution is 2.55.